The van der Waals surface area contributed by atoms with Crippen LogP contribution in [0.1, 0.15) is 12.8 Å². The molecule has 0 amide bonds. The van der Waals surface area contributed by atoms with Crippen molar-refractivity contribution in [3.05, 3.63) is 28.6 Å². The Hall–Kier alpha value is -0.370. The van der Waals surface area contributed by atoms with Gasteiger partial charge in [0.05, 0.1) is 0 Å². The molecule has 1 aliphatic rings. The summed E-state index contributed by atoms with van der Waals surface area (Å²) in [4.78, 5) is 0.291. The van der Waals surface area contributed by atoms with Gasteiger partial charge in [0.2, 0.25) is 10.0 Å². The first-order valence-electron chi connectivity index (χ1n) is 6.40. The van der Waals surface area contributed by atoms with Gasteiger partial charge in [0.25, 0.3) is 0 Å². The zero-order valence-electron chi connectivity index (χ0n) is 11.1. The molecule has 1 unspecified atom stereocenters. The minimum atomic E-state index is -3.55. The van der Waals surface area contributed by atoms with Crippen LogP contribution in [0.5, 0.6) is 0 Å². The molecule has 3 rings (SSSR count). The molecule has 0 aliphatic heterocycles. The Morgan fingerprint density at radius 1 is 1.43 bits per heavy atom. The van der Waals surface area contributed by atoms with E-state index in [1.807, 2.05) is 6.07 Å². The third-order valence-corrected chi connectivity index (χ3v) is 6.42. The summed E-state index contributed by atoms with van der Waals surface area (Å²) in [6.07, 6.45) is 2.08. The summed E-state index contributed by atoms with van der Waals surface area (Å²) in [6.45, 7) is 0.326. The lowest BCUT2D eigenvalue weighted by Gasteiger charge is -2.15. The summed E-state index contributed by atoms with van der Waals surface area (Å²) in [5.41, 5.74) is 5.67. The number of hydrogen-bond acceptors (Lipinski definition) is 4. The van der Waals surface area contributed by atoms with E-state index in [2.05, 4.69) is 4.72 Å². The number of nitrogens with two attached hydrogens (primary N) is 1. The number of benzene rings is 1. The van der Waals surface area contributed by atoms with Gasteiger partial charge in [-0.25, -0.2) is 13.1 Å². The van der Waals surface area contributed by atoms with Crippen molar-refractivity contribution in [3.8, 4) is 0 Å². The lowest BCUT2D eigenvalue weighted by Crippen LogP contribution is -2.41. The highest BCUT2D eigenvalue weighted by molar-refractivity contribution is 7.90. The maximum absolute atomic E-state index is 12.5. The zero-order chi connectivity index (χ0) is 14.3. The van der Waals surface area contributed by atoms with Gasteiger partial charge in [-0.3, -0.25) is 0 Å². The summed E-state index contributed by atoms with van der Waals surface area (Å²) in [5.74, 6) is 0.378. The molecule has 0 radical (unpaired) electrons. The van der Waals surface area contributed by atoms with Crippen LogP contribution in [0.4, 0.5) is 0 Å². The summed E-state index contributed by atoms with van der Waals surface area (Å²) in [6, 6.07) is 5.12. The second-order valence-electron chi connectivity index (χ2n) is 5.04. The molecule has 116 valence electrons. The summed E-state index contributed by atoms with van der Waals surface area (Å²) in [7, 11) is -3.55. The molecule has 1 saturated carbocycles. The molecule has 1 aromatic carbocycles. The maximum atomic E-state index is 12.5. The molecule has 8 heteroatoms. The van der Waals surface area contributed by atoms with Gasteiger partial charge in [0.15, 0.2) is 0 Å². The van der Waals surface area contributed by atoms with E-state index in [9.17, 15) is 8.42 Å². The van der Waals surface area contributed by atoms with Gasteiger partial charge in [0.1, 0.15) is 4.90 Å². The van der Waals surface area contributed by atoms with Crippen LogP contribution in [0.2, 0.25) is 5.02 Å². The fourth-order valence-electron chi connectivity index (χ4n) is 2.28. The van der Waals surface area contributed by atoms with E-state index in [0.29, 0.717) is 27.8 Å². The predicted molar refractivity (Wildman–Crippen MR) is 90.0 cm³/mol. The Morgan fingerprint density at radius 3 is 2.76 bits per heavy atom. The minimum Gasteiger partial charge on any atom is -0.329 e. The Bertz CT molecular complexity index is 742. The standard InChI is InChI=1S/C13H15ClN2O2S2.ClH/c14-9-3-4-12-10(5-9)13(7-19-12)20(17,18)16-11(6-15)8-1-2-8;/h3-5,7-8,11,16H,1-2,6,15H2;1H. The maximum Gasteiger partial charge on any atom is 0.242 e. The monoisotopic (exact) mass is 366 g/mol. The molecule has 1 heterocycles. The molecule has 21 heavy (non-hydrogen) atoms. The van der Waals surface area contributed by atoms with Crippen LogP contribution in [0.15, 0.2) is 28.5 Å². The van der Waals surface area contributed by atoms with Crippen LogP contribution in [0.3, 0.4) is 0 Å². The number of rotatable bonds is 5. The van der Waals surface area contributed by atoms with Crippen molar-refractivity contribution in [2.75, 3.05) is 6.54 Å². The van der Waals surface area contributed by atoms with Crippen LogP contribution in [-0.2, 0) is 10.0 Å². The average Bonchev–Trinajstić information content (AvgIpc) is 3.15. The number of nitrogens with one attached hydrogen (secondary N) is 1. The quantitative estimate of drug-likeness (QED) is 0.853. The van der Waals surface area contributed by atoms with E-state index < -0.39 is 10.0 Å². The van der Waals surface area contributed by atoms with Crippen molar-refractivity contribution < 1.29 is 8.42 Å². The van der Waals surface area contributed by atoms with Crippen molar-refractivity contribution >= 4 is 55.5 Å². The third-order valence-electron chi connectivity index (χ3n) is 3.54. The van der Waals surface area contributed by atoms with Gasteiger partial charge >= 0.3 is 0 Å². The Labute approximate surface area is 139 Å². The summed E-state index contributed by atoms with van der Waals surface area (Å²) < 4.78 is 28.7. The van der Waals surface area contributed by atoms with E-state index >= 15 is 0 Å². The van der Waals surface area contributed by atoms with Gasteiger partial charge in [0, 0.05) is 33.1 Å². The number of sulfonamides is 1. The van der Waals surface area contributed by atoms with Gasteiger partial charge in [-0.1, -0.05) is 11.6 Å². The normalized spacial score (nSPS) is 16.7. The van der Waals surface area contributed by atoms with Gasteiger partial charge in [-0.2, -0.15) is 0 Å². The van der Waals surface area contributed by atoms with Crippen molar-refractivity contribution in [1.29, 1.82) is 0 Å². The van der Waals surface area contributed by atoms with E-state index in [1.54, 1.807) is 17.5 Å². The number of halogens is 2. The Kier molecular flexibility index (Phi) is 5.18. The van der Waals surface area contributed by atoms with Gasteiger partial charge in [-0.15, -0.1) is 23.7 Å². The third kappa shape index (κ3) is 3.52. The van der Waals surface area contributed by atoms with Crippen molar-refractivity contribution in [2.24, 2.45) is 11.7 Å². The van der Waals surface area contributed by atoms with E-state index in [0.717, 1.165) is 17.5 Å². The van der Waals surface area contributed by atoms with E-state index in [1.165, 1.54) is 11.3 Å². The molecule has 0 spiro atoms. The van der Waals surface area contributed by atoms with Crippen LogP contribution in [0.25, 0.3) is 10.1 Å². The molecule has 0 saturated heterocycles. The molecule has 1 atom stereocenters. The van der Waals surface area contributed by atoms with E-state index in [-0.39, 0.29) is 18.4 Å². The van der Waals surface area contributed by atoms with Crippen molar-refractivity contribution in [1.82, 2.24) is 4.72 Å². The van der Waals surface area contributed by atoms with Gasteiger partial charge < -0.3 is 5.73 Å². The Morgan fingerprint density at radius 2 is 2.14 bits per heavy atom. The first-order chi connectivity index (χ1) is 9.51. The molecule has 2 aromatic rings. The second-order valence-corrected chi connectivity index (χ2v) is 8.07. The number of fused-ring (bicyclic) bond motifs is 1. The predicted octanol–water partition coefficient (Wildman–Crippen LogP) is 2.99. The number of thiophene rings is 1. The minimum absolute atomic E-state index is 0. The zero-order valence-corrected chi connectivity index (χ0v) is 14.3. The average molecular weight is 367 g/mol. The van der Waals surface area contributed by atoms with Crippen LogP contribution in [-0.4, -0.2) is 21.0 Å². The number of hydrogen-bond donors (Lipinski definition) is 2. The lowest BCUT2D eigenvalue weighted by atomic mass is 10.2. The lowest BCUT2D eigenvalue weighted by molar-refractivity contribution is 0.520. The van der Waals surface area contributed by atoms with Crippen LogP contribution < -0.4 is 10.5 Å². The summed E-state index contributed by atoms with van der Waals surface area (Å²) in [5, 5.41) is 2.86. The van der Waals surface area contributed by atoms with Crippen molar-refractivity contribution in [3.63, 3.8) is 0 Å². The molecular formula is C13H16Cl2N2O2S2. The van der Waals surface area contributed by atoms with E-state index in [4.69, 9.17) is 17.3 Å². The molecule has 1 fully saturated rings. The first-order valence-corrected chi connectivity index (χ1v) is 9.14. The Balaban J connectivity index is 0.00000161. The highest BCUT2D eigenvalue weighted by Crippen LogP contribution is 2.35. The highest BCUT2D eigenvalue weighted by Gasteiger charge is 2.34. The smallest absolute Gasteiger partial charge is 0.242 e. The molecule has 1 aliphatic carbocycles. The molecule has 1 aromatic heterocycles. The molecule has 0 bridgehead atoms. The molecule has 4 nitrogen and oxygen atoms in total. The summed E-state index contributed by atoms with van der Waals surface area (Å²) >= 11 is 7.36. The first kappa shape index (κ1) is 17.0. The molecular weight excluding hydrogens is 351 g/mol. The van der Waals surface area contributed by atoms with Crippen LogP contribution in [0, 0.1) is 5.92 Å². The fourth-order valence-corrected chi connectivity index (χ4v) is 5.25. The second kappa shape index (κ2) is 6.40. The van der Waals surface area contributed by atoms with Crippen LogP contribution >= 0.6 is 35.3 Å². The fraction of sp³-hybridized carbons (Fsp3) is 0.385. The topological polar surface area (TPSA) is 72.2 Å². The van der Waals surface area contributed by atoms with Gasteiger partial charge in [-0.05, 0) is 37.0 Å². The SMILES string of the molecule is Cl.NCC(NS(=O)(=O)c1csc2ccc(Cl)cc12)C1CC1. The largest absolute Gasteiger partial charge is 0.329 e. The molecule has 3 N–H and O–H groups in total. The highest BCUT2D eigenvalue weighted by atomic mass is 35.5. The van der Waals surface area contributed by atoms with Crippen molar-refractivity contribution in [2.45, 2.75) is 23.8 Å².